The van der Waals surface area contributed by atoms with Crippen LogP contribution in [0.1, 0.15) is 17.2 Å². The summed E-state index contributed by atoms with van der Waals surface area (Å²) in [4.78, 5) is 4.95. The minimum absolute atomic E-state index is 0.0750. The molecule has 1 aliphatic rings. The van der Waals surface area contributed by atoms with Crippen LogP contribution in [0.4, 0.5) is 0 Å². The zero-order chi connectivity index (χ0) is 22.2. The van der Waals surface area contributed by atoms with Gasteiger partial charge in [0.2, 0.25) is 5.88 Å². The molecule has 1 atom stereocenters. The van der Waals surface area contributed by atoms with Crippen LogP contribution in [-0.4, -0.2) is 12.1 Å². The maximum absolute atomic E-state index is 6.54. The van der Waals surface area contributed by atoms with E-state index in [0.29, 0.717) is 5.88 Å². The summed E-state index contributed by atoms with van der Waals surface area (Å²) in [6, 6.07) is 35.5. The molecule has 0 bridgehead atoms. The molecule has 1 aromatic heterocycles. The van der Waals surface area contributed by atoms with Gasteiger partial charge in [-0.2, -0.15) is 0 Å². The van der Waals surface area contributed by atoms with Crippen LogP contribution in [0.2, 0.25) is 0 Å². The Morgan fingerprint density at radius 1 is 0.788 bits per heavy atom. The molecule has 1 aliphatic heterocycles. The SMILES string of the molecule is COc1cccc(-c2cc(-c3ccccc3)nc3c2CC(c2cccc4ccccc24)O3)c1. The van der Waals surface area contributed by atoms with E-state index in [2.05, 4.69) is 72.8 Å². The number of ether oxygens (including phenoxy) is 2. The van der Waals surface area contributed by atoms with Gasteiger partial charge in [0, 0.05) is 23.1 Å². The molecule has 0 radical (unpaired) electrons. The van der Waals surface area contributed by atoms with E-state index in [-0.39, 0.29) is 6.10 Å². The average molecular weight is 430 g/mol. The van der Waals surface area contributed by atoms with Gasteiger partial charge < -0.3 is 9.47 Å². The molecule has 0 saturated heterocycles. The van der Waals surface area contributed by atoms with Crippen LogP contribution in [0.5, 0.6) is 11.6 Å². The molecule has 0 saturated carbocycles. The summed E-state index contributed by atoms with van der Waals surface area (Å²) in [6.45, 7) is 0. The van der Waals surface area contributed by atoms with Gasteiger partial charge in [-0.15, -0.1) is 0 Å². The van der Waals surface area contributed by atoms with Gasteiger partial charge in [0.05, 0.1) is 12.8 Å². The van der Waals surface area contributed by atoms with Crippen molar-refractivity contribution in [3.63, 3.8) is 0 Å². The van der Waals surface area contributed by atoms with E-state index in [4.69, 9.17) is 14.5 Å². The Labute approximate surface area is 193 Å². The third kappa shape index (κ3) is 3.52. The van der Waals surface area contributed by atoms with Gasteiger partial charge in [0.25, 0.3) is 0 Å². The van der Waals surface area contributed by atoms with Gasteiger partial charge in [-0.3, -0.25) is 0 Å². The topological polar surface area (TPSA) is 31.4 Å². The van der Waals surface area contributed by atoms with Crippen molar-refractivity contribution in [2.45, 2.75) is 12.5 Å². The molecule has 4 aromatic carbocycles. The first-order valence-corrected chi connectivity index (χ1v) is 11.2. The molecule has 3 nitrogen and oxygen atoms in total. The van der Waals surface area contributed by atoms with Gasteiger partial charge in [-0.25, -0.2) is 4.98 Å². The number of hydrogen-bond acceptors (Lipinski definition) is 3. The number of benzene rings is 4. The van der Waals surface area contributed by atoms with Crippen molar-refractivity contribution in [2.75, 3.05) is 7.11 Å². The summed E-state index contributed by atoms with van der Waals surface area (Å²) >= 11 is 0. The molecule has 0 N–H and O–H groups in total. The van der Waals surface area contributed by atoms with Crippen molar-refractivity contribution < 1.29 is 9.47 Å². The van der Waals surface area contributed by atoms with Crippen molar-refractivity contribution >= 4 is 10.8 Å². The summed E-state index contributed by atoms with van der Waals surface area (Å²) < 4.78 is 12.0. The summed E-state index contributed by atoms with van der Waals surface area (Å²) in [7, 11) is 1.70. The predicted octanol–water partition coefficient (Wildman–Crippen LogP) is 7.25. The van der Waals surface area contributed by atoms with E-state index in [9.17, 15) is 0 Å². The minimum atomic E-state index is -0.0750. The summed E-state index contributed by atoms with van der Waals surface area (Å²) in [5.74, 6) is 1.55. The molecule has 0 spiro atoms. The molecule has 0 amide bonds. The smallest absolute Gasteiger partial charge is 0.218 e. The second-order valence-electron chi connectivity index (χ2n) is 8.32. The highest BCUT2D eigenvalue weighted by Gasteiger charge is 2.30. The van der Waals surface area contributed by atoms with Crippen LogP contribution in [0.3, 0.4) is 0 Å². The lowest BCUT2D eigenvalue weighted by molar-refractivity contribution is 0.232. The number of hydrogen-bond donors (Lipinski definition) is 0. The molecule has 5 aromatic rings. The third-order valence-corrected chi connectivity index (χ3v) is 6.35. The Kier molecular flexibility index (Phi) is 4.80. The third-order valence-electron chi connectivity index (χ3n) is 6.35. The van der Waals surface area contributed by atoms with Crippen LogP contribution < -0.4 is 9.47 Å². The largest absolute Gasteiger partial charge is 0.497 e. The van der Waals surface area contributed by atoms with Crippen molar-refractivity contribution in [3.8, 4) is 34.0 Å². The Hall–Kier alpha value is -4.11. The summed E-state index contributed by atoms with van der Waals surface area (Å²) in [6.07, 6.45) is 0.701. The van der Waals surface area contributed by atoms with E-state index in [1.807, 2.05) is 30.3 Å². The minimum Gasteiger partial charge on any atom is -0.497 e. The van der Waals surface area contributed by atoms with Gasteiger partial charge in [-0.05, 0) is 40.1 Å². The first-order valence-electron chi connectivity index (χ1n) is 11.2. The summed E-state index contributed by atoms with van der Waals surface area (Å²) in [5.41, 5.74) is 6.56. The highest BCUT2D eigenvalue weighted by atomic mass is 16.5. The first kappa shape index (κ1) is 19.6. The number of methoxy groups -OCH3 is 1. The van der Waals surface area contributed by atoms with Crippen LogP contribution >= 0.6 is 0 Å². The molecular formula is C30H23NO2. The fourth-order valence-corrected chi connectivity index (χ4v) is 4.71. The number of pyridine rings is 1. The van der Waals surface area contributed by atoms with Gasteiger partial charge in [0.15, 0.2) is 0 Å². The van der Waals surface area contributed by atoms with Gasteiger partial charge in [-0.1, -0.05) is 84.9 Å². The standard InChI is InChI=1S/C30H23NO2/c1-32-23-14-7-13-22(17-23)26-18-28(21-10-3-2-4-11-21)31-30-27(26)19-29(33-30)25-16-8-12-20-9-5-6-15-24(20)25/h2-18,29H,19H2,1H3. The molecule has 0 aliphatic carbocycles. The lowest BCUT2D eigenvalue weighted by atomic mass is 9.93. The lowest BCUT2D eigenvalue weighted by Gasteiger charge is -2.13. The van der Waals surface area contributed by atoms with Gasteiger partial charge >= 0.3 is 0 Å². The fourth-order valence-electron chi connectivity index (χ4n) is 4.71. The maximum atomic E-state index is 6.54. The van der Waals surface area contributed by atoms with Crippen molar-refractivity contribution in [3.05, 3.63) is 114 Å². The Bertz CT molecular complexity index is 1450. The molecule has 0 fully saturated rings. The fraction of sp³-hybridized carbons (Fsp3) is 0.100. The molecular weight excluding hydrogens is 406 g/mol. The molecule has 6 rings (SSSR count). The van der Waals surface area contributed by atoms with E-state index < -0.39 is 0 Å². The van der Waals surface area contributed by atoms with E-state index >= 15 is 0 Å². The number of fused-ring (bicyclic) bond motifs is 2. The van der Waals surface area contributed by atoms with Crippen LogP contribution in [-0.2, 0) is 6.42 Å². The number of aromatic nitrogens is 1. The zero-order valence-corrected chi connectivity index (χ0v) is 18.4. The first-order chi connectivity index (χ1) is 16.3. The Morgan fingerprint density at radius 3 is 2.42 bits per heavy atom. The Balaban J connectivity index is 1.50. The van der Waals surface area contributed by atoms with Gasteiger partial charge in [0.1, 0.15) is 11.9 Å². The quantitative estimate of drug-likeness (QED) is 0.301. The molecule has 2 heterocycles. The molecule has 1 unspecified atom stereocenters. The Morgan fingerprint density at radius 2 is 1.55 bits per heavy atom. The van der Waals surface area contributed by atoms with Crippen molar-refractivity contribution in [2.24, 2.45) is 0 Å². The number of rotatable bonds is 4. The second kappa shape index (κ2) is 8.10. The monoisotopic (exact) mass is 429 g/mol. The second-order valence-corrected chi connectivity index (χ2v) is 8.32. The zero-order valence-electron chi connectivity index (χ0n) is 18.4. The van der Waals surface area contributed by atoms with Crippen molar-refractivity contribution in [1.29, 1.82) is 0 Å². The van der Waals surface area contributed by atoms with Crippen LogP contribution in [0.25, 0.3) is 33.2 Å². The molecule has 33 heavy (non-hydrogen) atoms. The van der Waals surface area contributed by atoms with Crippen molar-refractivity contribution in [1.82, 2.24) is 4.98 Å². The van der Waals surface area contributed by atoms with E-state index in [0.717, 1.165) is 40.1 Å². The summed E-state index contributed by atoms with van der Waals surface area (Å²) in [5, 5.41) is 2.45. The number of nitrogens with zero attached hydrogens (tertiary/aromatic N) is 1. The van der Waals surface area contributed by atoms with Crippen LogP contribution in [0, 0.1) is 0 Å². The normalized spacial score (nSPS) is 14.6. The van der Waals surface area contributed by atoms with E-state index in [1.165, 1.54) is 16.3 Å². The van der Waals surface area contributed by atoms with Crippen LogP contribution in [0.15, 0.2) is 103 Å². The average Bonchev–Trinajstić information content (AvgIpc) is 3.32. The van der Waals surface area contributed by atoms with E-state index in [1.54, 1.807) is 7.11 Å². The molecule has 160 valence electrons. The molecule has 3 heteroatoms. The maximum Gasteiger partial charge on any atom is 0.218 e. The predicted molar refractivity (Wildman–Crippen MR) is 133 cm³/mol. The lowest BCUT2D eigenvalue weighted by Crippen LogP contribution is -2.04. The highest BCUT2D eigenvalue weighted by molar-refractivity contribution is 5.86. The highest BCUT2D eigenvalue weighted by Crippen LogP contribution is 2.44.